The highest BCUT2D eigenvalue weighted by Crippen LogP contribution is 2.39. The van der Waals surface area contributed by atoms with Crippen molar-refractivity contribution in [2.75, 3.05) is 0 Å². The summed E-state index contributed by atoms with van der Waals surface area (Å²) in [5.74, 6) is -1.85. The molecule has 0 atom stereocenters. The molecule has 104 valence electrons. The first-order valence-corrected chi connectivity index (χ1v) is 6.91. The number of benzene rings is 1. The van der Waals surface area contributed by atoms with Crippen LogP contribution >= 0.6 is 0 Å². The Bertz CT molecular complexity index is 448. The molecule has 1 aromatic rings. The summed E-state index contributed by atoms with van der Waals surface area (Å²) in [7, 11) is 0. The molecule has 1 aliphatic carbocycles. The van der Waals surface area contributed by atoms with Gasteiger partial charge in [0, 0.05) is 0 Å². The molecule has 0 spiro atoms. The van der Waals surface area contributed by atoms with E-state index >= 15 is 0 Å². The zero-order valence-corrected chi connectivity index (χ0v) is 11.0. The van der Waals surface area contributed by atoms with Crippen LogP contribution in [0.4, 0.5) is 8.78 Å². The van der Waals surface area contributed by atoms with E-state index in [1.54, 1.807) is 0 Å². The first-order chi connectivity index (χ1) is 9.13. The first kappa shape index (κ1) is 14.0. The van der Waals surface area contributed by atoms with E-state index in [-0.39, 0.29) is 5.92 Å². The highest BCUT2D eigenvalue weighted by molar-refractivity contribution is 5.32. The van der Waals surface area contributed by atoms with E-state index in [2.05, 4.69) is 6.58 Å². The van der Waals surface area contributed by atoms with E-state index in [0.717, 1.165) is 38.5 Å². The molecule has 1 fully saturated rings. The third-order valence-corrected chi connectivity index (χ3v) is 4.16. The Morgan fingerprint density at radius 1 is 1.16 bits per heavy atom. The Morgan fingerprint density at radius 3 is 2.47 bits per heavy atom. The molecule has 1 aromatic carbocycles. The van der Waals surface area contributed by atoms with Crippen molar-refractivity contribution < 1.29 is 13.9 Å². The van der Waals surface area contributed by atoms with Crippen molar-refractivity contribution in [2.45, 2.75) is 44.4 Å². The largest absolute Gasteiger partial charge is 0.505 e. The third-order valence-electron chi connectivity index (χ3n) is 4.16. The summed E-state index contributed by atoms with van der Waals surface area (Å²) >= 11 is 0. The van der Waals surface area contributed by atoms with Crippen LogP contribution in [0.3, 0.4) is 0 Å². The first-order valence-electron chi connectivity index (χ1n) is 6.91. The lowest BCUT2D eigenvalue weighted by molar-refractivity contribution is 0.305. The number of hydrogen-bond acceptors (Lipinski definition) is 1. The van der Waals surface area contributed by atoms with Crippen LogP contribution in [0.1, 0.15) is 50.0 Å². The molecule has 0 bridgehead atoms. The van der Waals surface area contributed by atoms with Crippen molar-refractivity contribution in [1.29, 1.82) is 0 Å². The molecule has 0 unspecified atom stereocenters. The number of aromatic hydroxyl groups is 1. The average Bonchev–Trinajstić information content (AvgIpc) is 2.44. The van der Waals surface area contributed by atoms with Crippen LogP contribution < -0.4 is 0 Å². The van der Waals surface area contributed by atoms with E-state index in [1.807, 2.05) is 6.08 Å². The second-order valence-electron chi connectivity index (χ2n) is 5.39. The van der Waals surface area contributed by atoms with E-state index < -0.39 is 17.4 Å². The van der Waals surface area contributed by atoms with Crippen LogP contribution in [0.25, 0.3) is 0 Å². The Kier molecular flexibility index (Phi) is 4.56. The van der Waals surface area contributed by atoms with Crippen LogP contribution in [0.5, 0.6) is 5.75 Å². The number of hydrogen-bond donors (Lipinski definition) is 1. The smallest absolute Gasteiger partial charge is 0.200 e. The van der Waals surface area contributed by atoms with Gasteiger partial charge in [-0.05, 0) is 62.0 Å². The van der Waals surface area contributed by atoms with Gasteiger partial charge in [0.1, 0.15) is 0 Å². The lowest BCUT2D eigenvalue weighted by Gasteiger charge is -2.28. The van der Waals surface area contributed by atoms with Crippen molar-refractivity contribution in [1.82, 2.24) is 0 Å². The van der Waals surface area contributed by atoms with Crippen molar-refractivity contribution >= 4 is 0 Å². The van der Waals surface area contributed by atoms with Gasteiger partial charge in [-0.15, -0.1) is 6.58 Å². The molecular weight excluding hydrogens is 246 g/mol. The quantitative estimate of drug-likeness (QED) is 0.768. The second kappa shape index (κ2) is 6.18. The minimum absolute atomic E-state index is 0.0788. The molecule has 0 radical (unpaired) electrons. The van der Waals surface area contributed by atoms with Crippen LogP contribution in [0.2, 0.25) is 0 Å². The molecule has 0 saturated heterocycles. The standard InChI is InChI=1S/C16H20F2O/c1-2-3-4-11-5-7-12(8-6-11)13-9-10-14(19)16(18)15(13)17/h2,9-12,19H,1,3-8H2. The molecule has 0 heterocycles. The van der Waals surface area contributed by atoms with Gasteiger partial charge in [-0.3, -0.25) is 0 Å². The summed E-state index contributed by atoms with van der Waals surface area (Å²) in [6.07, 6.45) is 7.99. The molecule has 0 aromatic heterocycles. The summed E-state index contributed by atoms with van der Waals surface area (Å²) in [5.41, 5.74) is 0.414. The highest BCUT2D eigenvalue weighted by atomic mass is 19.2. The molecule has 1 N–H and O–H groups in total. The number of phenolic OH excluding ortho intramolecular Hbond substituents is 1. The van der Waals surface area contributed by atoms with E-state index in [1.165, 1.54) is 12.1 Å². The molecule has 1 aliphatic rings. The lowest BCUT2D eigenvalue weighted by atomic mass is 9.77. The number of halogens is 2. The minimum Gasteiger partial charge on any atom is -0.505 e. The number of phenols is 1. The van der Waals surface area contributed by atoms with Gasteiger partial charge < -0.3 is 5.11 Å². The van der Waals surface area contributed by atoms with Crippen LogP contribution in [0.15, 0.2) is 24.8 Å². The van der Waals surface area contributed by atoms with Gasteiger partial charge in [0.2, 0.25) is 5.82 Å². The monoisotopic (exact) mass is 266 g/mol. The summed E-state index contributed by atoms with van der Waals surface area (Å²) in [5, 5.41) is 9.14. The zero-order chi connectivity index (χ0) is 13.8. The molecule has 1 nitrogen and oxygen atoms in total. The van der Waals surface area contributed by atoms with Crippen LogP contribution in [0, 0.1) is 17.6 Å². The predicted octanol–water partition coefficient (Wildman–Crippen LogP) is 4.91. The van der Waals surface area contributed by atoms with E-state index in [0.29, 0.717) is 11.5 Å². The molecule has 2 rings (SSSR count). The van der Waals surface area contributed by atoms with E-state index in [4.69, 9.17) is 5.11 Å². The summed E-state index contributed by atoms with van der Waals surface area (Å²) < 4.78 is 27.2. The molecule has 1 saturated carbocycles. The zero-order valence-electron chi connectivity index (χ0n) is 11.0. The molecule has 0 aliphatic heterocycles. The Morgan fingerprint density at radius 2 is 1.84 bits per heavy atom. The van der Waals surface area contributed by atoms with Gasteiger partial charge in [0.25, 0.3) is 0 Å². The second-order valence-corrected chi connectivity index (χ2v) is 5.39. The Labute approximate surface area is 113 Å². The molecular formula is C16H20F2O. The SMILES string of the molecule is C=CCCC1CCC(c2ccc(O)c(F)c2F)CC1. The van der Waals surface area contributed by atoms with Crippen molar-refractivity contribution in [3.05, 3.63) is 42.0 Å². The van der Waals surface area contributed by atoms with E-state index in [9.17, 15) is 8.78 Å². The van der Waals surface area contributed by atoms with Crippen molar-refractivity contribution in [3.63, 3.8) is 0 Å². The fraction of sp³-hybridized carbons (Fsp3) is 0.500. The Balaban J connectivity index is 2.02. The summed E-state index contributed by atoms with van der Waals surface area (Å²) in [4.78, 5) is 0. The molecule has 3 heteroatoms. The van der Waals surface area contributed by atoms with Gasteiger partial charge in [-0.1, -0.05) is 12.1 Å². The summed E-state index contributed by atoms with van der Waals surface area (Å²) in [6, 6.07) is 2.76. The third kappa shape index (κ3) is 3.14. The van der Waals surface area contributed by atoms with Gasteiger partial charge >= 0.3 is 0 Å². The Hall–Kier alpha value is -1.38. The highest BCUT2D eigenvalue weighted by Gasteiger charge is 2.25. The maximum Gasteiger partial charge on any atom is 0.200 e. The van der Waals surface area contributed by atoms with Crippen LogP contribution in [-0.2, 0) is 0 Å². The maximum atomic E-state index is 13.8. The summed E-state index contributed by atoms with van der Waals surface area (Å²) in [6.45, 7) is 3.72. The van der Waals surface area contributed by atoms with Crippen molar-refractivity contribution in [3.8, 4) is 5.75 Å². The lowest BCUT2D eigenvalue weighted by Crippen LogP contribution is -2.14. The molecule has 0 amide bonds. The predicted molar refractivity (Wildman–Crippen MR) is 72.2 cm³/mol. The molecule has 19 heavy (non-hydrogen) atoms. The fourth-order valence-electron chi connectivity index (χ4n) is 2.99. The van der Waals surface area contributed by atoms with Gasteiger partial charge in [-0.25, -0.2) is 4.39 Å². The number of allylic oxidation sites excluding steroid dienone is 1. The van der Waals surface area contributed by atoms with Crippen LogP contribution in [-0.4, -0.2) is 5.11 Å². The van der Waals surface area contributed by atoms with Gasteiger partial charge in [0.05, 0.1) is 0 Å². The maximum absolute atomic E-state index is 13.8. The minimum atomic E-state index is -1.12. The van der Waals surface area contributed by atoms with Crippen molar-refractivity contribution in [2.24, 2.45) is 5.92 Å². The normalized spacial score (nSPS) is 23.3. The fourth-order valence-corrected chi connectivity index (χ4v) is 2.99. The van der Waals surface area contributed by atoms with Gasteiger partial charge in [0.15, 0.2) is 11.6 Å². The van der Waals surface area contributed by atoms with Gasteiger partial charge in [-0.2, -0.15) is 4.39 Å². The topological polar surface area (TPSA) is 20.2 Å². The average molecular weight is 266 g/mol. The number of rotatable bonds is 4.